The fourth-order valence-electron chi connectivity index (χ4n) is 2.35. The van der Waals surface area contributed by atoms with Gasteiger partial charge in [-0.3, -0.25) is 4.99 Å². The number of halogens is 1. The molecule has 0 bridgehead atoms. The molecular weight excluding hydrogens is 334 g/mol. The SMILES string of the molecule is CCNC(=NCCc1ccc(Cl)nc1)NCCN(C)c1ccccc1. The number of aliphatic imine (C=N–C) groups is 1. The van der Waals surface area contributed by atoms with Gasteiger partial charge in [-0.2, -0.15) is 0 Å². The quantitative estimate of drug-likeness (QED) is 0.432. The first-order valence-corrected chi connectivity index (χ1v) is 8.95. The van der Waals surface area contributed by atoms with Gasteiger partial charge in [-0.15, -0.1) is 0 Å². The van der Waals surface area contributed by atoms with E-state index in [0.717, 1.165) is 37.6 Å². The monoisotopic (exact) mass is 359 g/mol. The van der Waals surface area contributed by atoms with Crippen molar-refractivity contribution >= 4 is 23.2 Å². The minimum absolute atomic E-state index is 0.518. The number of para-hydroxylation sites is 1. The van der Waals surface area contributed by atoms with Gasteiger partial charge in [0.25, 0.3) is 0 Å². The predicted octanol–water partition coefficient (Wildman–Crippen LogP) is 2.97. The van der Waals surface area contributed by atoms with Gasteiger partial charge in [0.1, 0.15) is 5.15 Å². The third kappa shape index (κ3) is 7.01. The number of nitrogens with zero attached hydrogens (tertiary/aromatic N) is 3. The van der Waals surface area contributed by atoms with Crippen molar-refractivity contribution in [3.63, 3.8) is 0 Å². The minimum atomic E-state index is 0.518. The smallest absolute Gasteiger partial charge is 0.191 e. The molecule has 0 unspecified atom stereocenters. The topological polar surface area (TPSA) is 52.6 Å². The first kappa shape index (κ1) is 19.1. The third-order valence-electron chi connectivity index (χ3n) is 3.74. The van der Waals surface area contributed by atoms with Crippen molar-refractivity contribution in [1.29, 1.82) is 0 Å². The summed E-state index contributed by atoms with van der Waals surface area (Å²) >= 11 is 5.80. The maximum atomic E-state index is 5.80. The maximum absolute atomic E-state index is 5.80. The average molecular weight is 360 g/mol. The number of hydrogen-bond donors (Lipinski definition) is 2. The molecule has 1 aromatic heterocycles. The Bertz CT molecular complexity index is 643. The Hall–Kier alpha value is -2.27. The van der Waals surface area contributed by atoms with Gasteiger partial charge in [0, 0.05) is 45.1 Å². The highest BCUT2D eigenvalue weighted by atomic mass is 35.5. The molecule has 1 heterocycles. The number of rotatable bonds is 8. The van der Waals surface area contributed by atoms with Crippen LogP contribution >= 0.6 is 11.6 Å². The van der Waals surface area contributed by atoms with Crippen LogP contribution in [0, 0.1) is 0 Å². The lowest BCUT2D eigenvalue weighted by Crippen LogP contribution is -2.41. The molecule has 0 fully saturated rings. The lowest BCUT2D eigenvalue weighted by atomic mass is 10.2. The number of pyridine rings is 1. The van der Waals surface area contributed by atoms with Gasteiger partial charge in [-0.1, -0.05) is 35.9 Å². The van der Waals surface area contributed by atoms with E-state index in [2.05, 4.69) is 63.7 Å². The Morgan fingerprint density at radius 3 is 2.64 bits per heavy atom. The second-order valence-corrected chi connectivity index (χ2v) is 6.07. The van der Waals surface area contributed by atoms with Gasteiger partial charge >= 0.3 is 0 Å². The summed E-state index contributed by atoms with van der Waals surface area (Å²) in [5.41, 5.74) is 2.34. The molecule has 5 nitrogen and oxygen atoms in total. The predicted molar refractivity (Wildman–Crippen MR) is 107 cm³/mol. The zero-order valence-corrected chi connectivity index (χ0v) is 15.6. The number of anilines is 1. The average Bonchev–Trinajstić information content (AvgIpc) is 2.64. The second-order valence-electron chi connectivity index (χ2n) is 5.68. The Kier molecular flexibility index (Phi) is 8.05. The van der Waals surface area contributed by atoms with Gasteiger partial charge in [0.05, 0.1) is 0 Å². The lowest BCUT2D eigenvalue weighted by Gasteiger charge is -2.20. The van der Waals surface area contributed by atoms with Crippen LogP contribution in [0.4, 0.5) is 5.69 Å². The molecule has 0 aliphatic heterocycles. The molecule has 134 valence electrons. The van der Waals surface area contributed by atoms with Gasteiger partial charge in [-0.25, -0.2) is 4.98 Å². The first-order valence-electron chi connectivity index (χ1n) is 8.58. The Labute approximate surface area is 155 Å². The van der Waals surface area contributed by atoms with E-state index in [4.69, 9.17) is 11.6 Å². The molecule has 1 aromatic carbocycles. The van der Waals surface area contributed by atoms with Crippen LogP contribution < -0.4 is 15.5 Å². The van der Waals surface area contributed by atoms with E-state index in [1.54, 1.807) is 6.20 Å². The number of likely N-dealkylation sites (N-methyl/N-ethyl adjacent to an activating group) is 1. The molecule has 0 amide bonds. The molecule has 0 aliphatic rings. The van der Waals surface area contributed by atoms with E-state index < -0.39 is 0 Å². The van der Waals surface area contributed by atoms with E-state index in [-0.39, 0.29) is 0 Å². The first-order chi connectivity index (χ1) is 12.2. The van der Waals surface area contributed by atoms with Crippen molar-refractivity contribution in [2.24, 2.45) is 4.99 Å². The van der Waals surface area contributed by atoms with Crippen molar-refractivity contribution in [3.05, 3.63) is 59.4 Å². The minimum Gasteiger partial charge on any atom is -0.373 e. The standard InChI is InChI=1S/C19H26ClN5/c1-3-21-19(22-12-11-16-9-10-18(20)24-15-16)23-13-14-25(2)17-7-5-4-6-8-17/h4-10,15H,3,11-14H2,1-2H3,(H2,21,22,23). The van der Waals surface area contributed by atoms with Crippen molar-refractivity contribution < 1.29 is 0 Å². The molecule has 2 rings (SSSR count). The van der Waals surface area contributed by atoms with Gasteiger partial charge < -0.3 is 15.5 Å². The fourth-order valence-corrected chi connectivity index (χ4v) is 2.46. The number of nitrogens with one attached hydrogen (secondary N) is 2. The number of hydrogen-bond acceptors (Lipinski definition) is 3. The molecule has 25 heavy (non-hydrogen) atoms. The Morgan fingerprint density at radius 2 is 1.96 bits per heavy atom. The van der Waals surface area contributed by atoms with E-state index in [1.165, 1.54) is 5.69 Å². The largest absolute Gasteiger partial charge is 0.373 e. The molecule has 0 aliphatic carbocycles. The number of benzene rings is 1. The van der Waals surface area contributed by atoms with E-state index in [1.807, 2.05) is 18.2 Å². The third-order valence-corrected chi connectivity index (χ3v) is 3.96. The van der Waals surface area contributed by atoms with E-state index >= 15 is 0 Å². The van der Waals surface area contributed by atoms with Crippen LogP contribution in [0.25, 0.3) is 0 Å². The molecule has 0 saturated heterocycles. The molecule has 0 atom stereocenters. The van der Waals surface area contributed by atoms with Crippen molar-refractivity contribution in [2.75, 3.05) is 38.1 Å². The van der Waals surface area contributed by atoms with Crippen LogP contribution in [0.5, 0.6) is 0 Å². The molecule has 2 N–H and O–H groups in total. The second kappa shape index (κ2) is 10.6. The highest BCUT2D eigenvalue weighted by molar-refractivity contribution is 6.29. The van der Waals surface area contributed by atoms with Crippen LogP contribution in [-0.4, -0.2) is 44.2 Å². The summed E-state index contributed by atoms with van der Waals surface area (Å²) in [4.78, 5) is 10.9. The lowest BCUT2D eigenvalue weighted by molar-refractivity contribution is 0.778. The van der Waals surface area contributed by atoms with Crippen LogP contribution in [-0.2, 0) is 6.42 Å². The summed E-state index contributed by atoms with van der Waals surface area (Å²) in [6.45, 7) is 5.32. The van der Waals surface area contributed by atoms with E-state index in [0.29, 0.717) is 11.7 Å². The molecule has 0 spiro atoms. The van der Waals surface area contributed by atoms with Gasteiger partial charge in [-0.05, 0) is 37.1 Å². The fraction of sp³-hybridized carbons (Fsp3) is 0.368. The summed E-state index contributed by atoms with van der Waals surface area (Å²) in [5.74, 6) is 0.839. The number of aromatic nitrogens is 1. The van der Waals surface area contributed by atoms with Crippen LogP contribution in [0.2, 0.25) is 5.15 Å². The summed E-state index contributed by atoms with van der Waals surface area (Å²) in [6, 6.07) is 14.1. The maximum Gasteiger partial charge on any atom is 0.191 e. The van der Waals surface area contributed by atoms with Crippen LogP contribution in [0.1, 0.15) is 12.5 Å². The molecular formula is C19H26ClN5. The Balaban J connectivity index is 1.78. The highest BCUT2D eigenvalue weighted by Crippen LogP contribution is 2.09. The van der Waals surface area contributed by atoms with Gasteiger partial charge in [0.15, 0.2) is 5.96 Å². The van der Waals surface area contributed by atoms with Crippen LogP contribution in [0.3, 0.4) is 0 Å². The van der Waals surface area contributed by atoms with Crippen molar-refractivity contribution in [3.8, 4) is 0 Å². The molecule has 6 heteroatoms. The molecule has 0 saturated carbocycles. The zero-order valence-electron chi connectivity index (χ0n) is 14.9. The summed E-state index contributed by atoms with van der Waals surface area (Å²) < 4.78 is 0. The van der Waals surface area contributed by atoms with Crippen molar-refractivity contribution in [1.82, 2.24) is 15.6 Å². The molecule has 0 radical (unpaired) electrons. The number of guanidine groups is 1. The highest BCUT2D eigenvalue weighted by Gasteiger charge is 2.01. The van der Waals surface area contributed by atoms with E-state index in [9.17, 15) is 0 Å². The summed E-state index contributed by atoms with van der Waals surface area (Å²) in [5, 5.41) is 7.17. The van der Waals surface area contributed by atoms with Crippen LogP contribution in [0.15, 0.2) is 53.7 Å². The van der Waals surface area contributed by atoms with Gasteiger partial charge in [0.2, 0.25) is 0 Å². The molecule has 2 aromatic rings. The van der Waals surface area contributed by atoms with Crippen molar-refractivity contribution in [2.45, 2.75) is 13.3 Å². The normalized spacial score (nSPS) is 11.2. The zero-order chi connectivity index (χ0) is 17.9. The Morgan fingerprint density at radius 1 is 1.16 bits per heavy atom. The summed E-state index contributed by atoms with van der Waals surface area (Å²) in [7, 11) is 2.09. The summed E-state index contributed by atoms with van der Waals surface area (Å²) in [6.07, 6.45) is 2.64.